The standard InChI is InChI=1S/C29H26ClF4NO3/c30-21-11-5-10-20(17-21)26(36)25(16-18-7-4-12-22(15-18)38-29(33,34)28(31)32)35-27(37)24-14-6-9-19-8-2-1-3-13-23(19)24/h3-7,9-15,17,25-26,28,36H,1-2,8,16H2,(H,35,37). The number of carbonyl (C=O) groups excluding carboxylic acids is 1. The number of amides is 1. The fourth-order valence-electron chi connectivity index (χ4n) is 4.44. The van der Waals surface area contributed by atoms with Crippen LogP contribution in [0.2, 0.25) is 5.02 Å². The molecule has 1 amide bonds. The molecule has 4 rings (SSSR count). The minimum Gasteiger partial charge on any atom is -0.428 e. The zero-order valence-electron chi connectivity index (χ0n) is 20.2. The van der Waals surface area contributed by atoms with Crippen LogP contribution in [0, 0.1) is 0 Å². The van der Waals surface area contributed by atoms with Crippen molar-refractivity contribution in [3.05, 3.63) is 106 Å². The van der Waals surface area contributed by atoms with E-state index in [4.69, 9.17) is 11.6 Å². The van der Waals surface area contributed by atoms with Crippen LogP contribution in [0.25, 0.3) is 6.08 Å². The molecular weight excluding hydrogens is 522 g/mol. The van der Waals surface area contributed by atoms with E-state index in [1.807, 2.05) is 18.2 Å². The molecule has 0 aromatic heterocycles. The molecule has 0 bridgehead atoms. The summed E-state index contributed by atoms with van der Waals surface area (Å²) in [7, 11) is 0. The predicted molar refractivity (Wildman–Crippen MR) is 138 cm³/mol. The Morgan fingerprint density at radius 3 is 2.61 bits per heavy atom. The van der Waals surface area contributed by atoms with Gasteiger partial charge in [0.05, 0.1) is 12.1 Å². The van der Waals surface area contributed by atoms with Gasteiger partial charge in [0.25, 0.3) is 5.91 Å². The molecule has 9 heteroatoms. The van der Waals surface area contributed by atoms with Gasteiger partial charge in [-0.25, -0.2) is 0 Å². The Hall–Kier alpha value is -3.36. The summed E-state index contributed by atoms with van der Waals surface area (Å²) in [5.41, 5.74) is 3.11. The summed E-state index contributed by atoms with van der Waals surface area (Å²) in [4.78, 5) is 13.5. The molecule has 2 N–H and O–H groups in total. The monoisotopic (exact) mass is 547 g/mol. The maximum Gasteiger partial charge on any atom is 0.461 e. The van der Waals surface area contributed by atoms with Crippen molar-refractivity contribution in [1.82, 2.24) is 5.32 Å². The second kappa shape index (κ2) is 12.0. The normalized spacial score (nSPS) is 14.9. The highest BCUT2D eigenvalue weighted by Gasteiger charge is 2.44. The van der Waals surface area contributed by atoms with E-state index in [0.717, 1.165) is 36.5 Å². The van der Waals surface area contributed by atoms with Crippen molar-refractivity contribution in [2.45, 2.75) is 50.4 Å². The summed E-state index contributed by atoms with van der Waals surface area (Å²) in [6.07, 6.45) is -3.27. The van der Waals surface area contributed by atoms with Crippen molar-refractivity contribution in [3.63, 3.8) is 0 Å². The van der Waals surface area contributed by atoms with E-state index in [2.05, 4.69) is 10.1 Å². The summed E-state index contributed by atoms with van der Waals surface area (Å²) < 4.78 is 56.3. The van der Waals surface area contributed by atoms with Crippen molar-refractivity contribution in [1.29, 1.82) is 0 Å². The molecule has 1 aliphatic rings. The molecule has 0 heterocycles. The largest absolute Gasteiger partial charge is 0.461 e. The molecule has 4 nitrogen and oxygen atoms in total. The average Bonchev–Trinajstić information content (AvgIpc) is 3.13. The number of aryl methyl sites for hydroxylation is 1. The van der Waals surface area contributed by atoms with Gasteiger partial charge in [0.2, 0.25) is 0 Å². The fraction of sp³-hybridized carbons (Fsp3) is 0.276. The Labute approximate surface area is 222 Å². The second-order valence-electron chi connectivity index (χ2n) is 9.07. The first kappa shape index (κ1) is 27.7. The highest BCUT2D eigenvalue weighted by atomic mass is 35.5. The third-order valence-corrected chi connectivity index (χ3v) is 6.53. The lowest BCUT2D eigenvalue weighted by Gasteiger charge is -2.26. The van der Waals surface area contributed by atoms with Gasteiger partial charge >= 0.3 is 12.5 Å². The van der Waals surface area contributed by atoms with Gasteiger partial charge in [-0.15, -0.1) is 0 Å². The quantitative estimate of drug-likeness (QED) is 0.284. The highest BCUT2D eigenvalue weighted by molar-refractivity contribution is 6.30. The van der Waals surface area contributed by atoms with E-state index in [9.17, 15) is 27.5 Å². The van der Waals surface area contributed by atoms with Crippen LogP contribution in [0.3, 0.4) is 0 Å². The van der Waals surface area contributed by atoms with Gasteiger partial charge in [-0.1, -0.05) is 60.2 Å². The number of benzene rings is 3. The van der Waals surface area contributed by atoms with Crippen LogP contribution in [0.5, 0.6) is 5.75 Å². The number of aliphatic hydroxyl groups excluding tert-OH is 1. The van der Waals surface area contributed by atoms with Crippen molar-refractivity contribution >= 4 is 23.6 Å². The number of allylic oxidation sites excluding steroid dienone is 1. The summed E-state index contributed by atoms with van der Waals surface area (Å²) >= 11 is 6.10. The van der Waals surface area contributed by atoms with Gasteiger partial charge < -0.3 is 15.2 Å². The van der Waals surface area contributed by atoms with Crippen LogP contribution in [0.15, 0.2) is 72.8 Å². The van der Waals surface area contributed by atoms with Gasteiger partial charge in [0.15, 0.2) is 0 Å². The first-order valence-corrected chi connectivity index (χ1v) is 12.5. The molecule has 3 aromatic carbocycles. The molecular formula is C29H26ClF4NO3. The summed E-state index contributed by atoms with van der Waals surface area (Å²) in [5, 5.41) is 14.5. The lowest BCUT2D eigenvalue weighted by molar-refractivity contribution is -0.253. The number of fused-ring (bicyclic) bond motifs is 1. The third kappa shape index (κ3) is 6.74. The Morgan fingerprint density at radius 1 is 1.08 bits per heavy atom. The van der Waals surface area contributed by atoms with Crippen molar-refractivity contribution in [2.75, 3.05) is 0 Å². The van der Waals surface area contributed by atoms with Crippen molar-refractivity contribution < 1.29 is 32.2 Å². The molecule has 0 spiro atoms. The molecule has 0 radical (unpaired) electrons. The van der Waals surface area contributed by atoms with E-state index in [-0.39, 0.29) is 6.42 Å². The number of alkyl halides is 4. The van der Waals surface area contributed by atoms with Crippen molar-refractivity contribution in [3.8, 4) is 5.75 Å². The number of hydrogen-bond donors (Lipinski definition) is 2. The molecule has 0 saturated heterocycles. The molecule has 1 aliphatic carbocycles. The number of aliphatic hydroxyl groups is 1. The average molecular weight is 548 g/mol. The van der Waals surface area contributed by atoms with Crippen LogP contribution in [0.4, 0.5) is 17.6 Å². The number of nitrogens with one attached hydrogen (secondary N) is 1. The van der Waals surface area contributed by atoms with E-state index in [0.29, 0.717) is 21.7 Å². The van der Waals surface area contributed by atoms with Crippen molar-refractivity contribution in [2.24, 2.45) is 0 Å². The highest BCUT2D eigenvalue weighted by Crippen LogP contribution is 2.30. The lowest BCUT2D eigenvalue weighted by Crippen LogP contribution is -2.41. The molecule has 0 fully saturated rings. The van der Waals surface area contributed by atoms with Crippen LogP contribution in [0.1, 0.15) is 51.6 Å². The van der Waals surface area contributed by atoms with Gasteiger partial charge in [0.1, 0.15) is 5.75 Å². The summed E-state index contributed by atoms with van der Waals surface area (Å²) in [6, 6.07) is 16.3. The molecule has 0 aliphatic heterocycles. The van der Waals surface area contributed by atoms with Crippen LogP contribution in [-0.2, 0) is 12.8 Å². The smallest absolute Gasteiger partial charge is 0.428 e. The number of halogens is 5. The topological polar surface area (TPSA) is 58.6 Å². The SMILES string of the molecule is O=C(NC(Cc1cccc(OC(F)(F)C(F)F)c1)C(O)c1cccc(Cl)c1)c1cccc2c1C=CCCC2. The lowest BCUT2D eigenvalue weighted by atomic mass is 9.94. The fourth-order valence-corrected chi connectivity index (χ4v) is 4.64. The minimum absolute atomic E-state index is 0.0122. The number of rotatable bonds is 9. The minimum atomic E-state index is -4.66. The molecule has 38 heavy (non-hydrogen) atoms. The van der Waals surface area contributed by atoms with E-state index < -0.39 is 36.3 Å². The number of hydrogen-bond acceptors (Lipinski definition) is 3. The van der Waals surface area contributed by atoms with E-state index in [1.165, 1.54) is 12.1 Å². The first-order valence-electron chi connectivity index (χ1n) is 12.1. The molecule has 200 valence electrons. The third-order valence-electron chi connectivity index (χ3n) is 6.29. The van der Waals surface area contributed by atoms with Crippen LogP contribution >= 0.6 is 11.6 Å². The molecule has 2 atom stereocenters. The Kier molecular flexibility index (Phi) is 8.74. The van der Waals surface area contributed by atoms with Crippen LogP contribution in [-0.4, -0.2) is 29.6 Å². The van der Waals surface area contributed by atoms with E-state index >= 15 is 0 Å². The predicted octanol–water partition coefficient (Wildman–Crippen LogP) is 7.00. The van der Waals surface area contributed by atoms with Gasteiger partial charge in [-0.3, -0.25) is 4.79 Å². The van der Waals surface area contributed by atoms with E-state index in [1.54, 1.807) is 42.5 Å². The summed E-state index contributed by atoms with van der Waals surface area (Å²) in [6.45, 7) is 0. The molecule has 0 saturated carbocycles. The number of carbonyl (C=O) groups is 1. The number of ether oxygens (including phenoxy) is 1. The zero-order chi connectivity index (χ0) is 27.3. The maximum atomic E-state index is 13.5. The zero-order valence-corrected chi connectivity index (χ0v) is 21.0. The summed E-state index contributed by atoms with van der Waals surface area (Å²) in [5.74, 6) is -0.884. The van der Waals surface area contributed by atoms with Gasteiger partial charge in [0, 0.05) is 10.6 Å². The van der Waals surface area contributed by atoms with Gasteiger partial charge in [-0.2, -0.15) is 17.6 Å². The first-order chi connectivity index (χ1) is 18.1. The Balaban J connectivity index is 1.64. The Morgan fingerprint density at radius 2 is 1.84 bits per heavy atom. The molecule has 2 unspecified atom stereocenters. The Bertz CT molecular complexity index is 1310. The van der Waals surface area contributed by atoms with Gasteiger partial charge in [-0.05, 0) is 78.3 Å². The van der Waals surface area contributed by atoms with Crippen LogP contribution < -0.4 is 10.1 Å². The molecule has 3 aromatic rings. The second-order valence-corrected chi connectivity index (χ2v) is 9.51. The maximum absolute atomic E-state index is 13.5.